The van der Waals surface area contributed by atoms with Crippen molar-refractivity contribution in [2.24, 2.45) is 0 Å². The zero-order valence-corrected chi connectivity index (χ0v) is 17.4. The number of imidazole rings is 1. The predicted octanol–water partition coefficient (Wildman–Crippen LogP) is 4.18. The number of aromatic nitrogens is 2. The molecule has 0 saturated heterocycles. The van der Waals surface area contributed by atoms with Gasteiger partial charge in [0.2, 0.25) is 5.91 Å². The first-order valence-electron chi connectivity index (χ1n) is 9.25. The summed E-state index contributed by atoms with van der Waals surface area (Å²) in [6, 6.07) is 15.9. The third-order valence-corrected chi connectivity index (χ3v) is 5.55. The van der Waals surface area contributed by atoms with E-state index in [1.807, 2.05) is 36.4 Å². The summed E-state index contributed by atoms with van der Waals surface area (Å²) in [7, 11) is 1.67. The van der Waals surface area contributed by atoms with Gasteiger partial charge in [-0.25, -0.2) is 4.98 Å². The summed E-state index contributed by atoms with van der Waals surface area (Å²) in [5.41, 5.74) is 3.11. The minimum Gasteiger partial charge on any atom is -0.383 e. The maximum absolute atomic E-state index is 12.2. The Bertz CT molecular complexity index is 915. The van der Waals surface area contributed by atoms with E-state index >= 15 is 0 Å². The summed E-state index contributed by atoms with van der Waals surface area (Å²) < 4.78 is 7.28. The van der Waals surface area contributed by atoms with Crippen molar-refractivity contribution in [3.8, 4) is 0 Å². The zero-order valence-electron chi connectivity index (χ0n) is 15.9. The maximum Gasteiger partial charge on any atom is 0.230 e. The number of amides is 1. The van der Waals surface area contributed by atoms with Crippen LogP contribution in [0.3, 0.4) is 0 Å². The number of hydrogen-bond donors (Lipinski definition) is 1. The number of ether oxygens (including phenoxy) is 1. The van der Waals surface area contributed by atoms with Gasteiger partial charge in [0, 0.05) is 25.2 Å². The average Bonchev–Trinajstić information content (AvgIpc) is 3.05. The summed E-state index contributed by atoms with van der Waals surface area (Å²) >= 11 is 7.52. The van der Waals surface area contributed by atoms with E-state index in [1.54, 1.807) is 7.11 Å². The van der Waals surface area contributed by atoms with E-state index in [2.05, 4.69) is 27.0 Å². The van der Waals surface area contributed by atoms with Crippen LogP contribution < -0.4 is 5.32 Å². The van der Waals surface area contributed by atoms with Gasteiger partial charge < -0.3 is 14.6 Å². The SMILES string of the molecule is COCCn1c(SCC(=O)NCCCc2ccccc2)nc2cc(Cl)ccc21. The zero-order chi connectivity index (χ0) is 19.8. The number of carbonyl (C=O) groups excluding carboxylic acids is 1. The van der Waals surface area contributed by atoms with Crippen LogP contribution >= 0.6 is 23.4 Å². The van der Waals surface area contributed by atoms with Gasteiger partial charge >= 0.3 is 0 Å². The van der Waals surface area contributed by atoms with Crippen LogP contribution in [0.4, 0.5) is 0 Å². The molecule has 7 heteroatoms. The fraction of sp³-hybridized carbons (Fsp3) is 0.333. The Morgan fingerprint density at radius 3 is 2.86 bits per heavy atom. The standard InChI is InChI=1S/C21H24ClN3O2S/c1-27-13-12-25-19-10-9-17(22)14-18(19)24-21(25)28-15-20(26)23-11-5-8-16-6-3-2-4-7-16/h2-4,6-7,9-10,14H,5,8,11-13,15H2,1H3,(H,23,26). The lowest BCUT2D eigenvalue weighted by molar-refractivity contribution is -0.118. The molecule has 0 atom stereocenters. The molecule has 2 aromatic carbocycles. The highest BCUT2D eigenvalue weighted by Gasteiger charge is 2.13. The average molecular weight is 418 g/mol. The smallest absolute Gasteiger partial charge is 0.230 e. The van der Waals surface area contributed by atoms with Gasteiger partial charge in [0.1, 0.15) is 0 Å². The molecule has 1 aromatic heterocycles. The molecule has 3 rings (SSSR count). The second-order valence-corrected chi connectivity index (χ2v) is 7.78. The molecule has 0 bridgehead atoms. The maximum atomic E-state index is 12.2. The van der Waals surface area contributed by atoms with Gasteiger partial charge in [-0.1, -0.05) is 53.7 Å². The van der Waals surface area contributed by atoms with E-state index in [-0.39, 0.29) is 5.91 Å². The van der Waals surface area contributed by atoms with Crippen LogP contribution in [-0.2, 0) is 22.5 Å². The normalized spacial score (nSPS) is 11.1. The minimum absolute atomic E-state index is 0.0152. The summed E-state index contributed by atoms with van der Waals surface area (Å²) in [5.74, 6) is 0.344. The number of methoxy groups -OCH3 is 1. The number of nitrogens with one attached hydrogen (secondary N) is 1. The summed E-state index contributed by atoms with van der Waals surface area (Å²) in [6.07, 6.45) is 1.88. The number of thioether (sulfide) groups is 1. The molecule has 0 fully saturated rings. The van der Waals surface area contributed by atoms with E-state index < -0.39 is 0 Å². The van der Waals surface area contributed by atoms with Gasteiger partial charge in [-0.05, 0) is 36.6 Å². The van der Waals surface area contributed by atoms with Crippen LogP contribution in [0.25, 0.3) is 11.0 Å². The highest BCUT2D eigenvalue weighted by atomic mass is 35.5. The lowest BCUT2D eigenvalue weighted by Gasteiger charge is -2.09. The Labute approximate surface area is 174 Å². The molecule has 1 amide bonds. The molecule has 28 heavy (non-hydrogen) atoms. The largest absolute Gasteiger partial charge is 0.383 e. The van der Waals surface area contributed by atoms with Crippen molar-refractivity contribution in [1.82, 2.24) is 14.9 Å². The highest BCUT2D eigenvalue weighted by Crippen LogP contribution is 2.26. The quantitative estimate of drug-likeness (QED) is 0.397. The van der Waals surface area contributed by atoms with Gasteiger partial charge in [-0.3, -0.25) is 4.79 Å². The Morgan fingerprint density at radius 1 is 1.25 bits per heavy atom. The van der Waals surface area contributed by atoms with Crippen molar-refractivity contribution >= 4 is 40.3 Å². The minimum atomic E-state index is 0.0152. The number of nitrogens with zero attached hydrogens (tertiary/aromatic N) is 2. The van der Waals surface area contributed by atoms with Gasteiger partial charge in [0.25, 0.3) is 0 Å². The first kappa shape index (κ1) is 20.7. The van der Waals surface area contributed by atoms with E-state index in [1.165, 1.54) is 17.3 Å². The molecule has 0 aliphatic rings. The molecule has 0 aliphatic heterocycles. The van der Waals surface area contributed by atoms with Crippen LogP contribution in [0.15, 0.2) is 53.7 Å². The predicted molar refractivity (Wildman–Crippen MR) is 115 cm³/mol. The van der Waals surface area contributed by atoms with Gasteiger partial charge in [0.15, 0.2) is 5.16 Å². The third-order valence-electron chi connectivity index (χ3n) is 4.33. The first-order chi connectivity index (χ1) is 13.7. The highest BCUT2D eigenvalue weighted by molar-refractivity contribution is 7.99. The molecule has 0 spiro atoms. The molecule has 1 heterocycles. The van der Waals surface area contributed by atoms with Crippen molar-refractivity contribution in [3.05, 3.63) is 59.1 Å². The molecule has 0 radical (unpaired) electrons. The fourth-order valence-corrected chi connectivity index (χ4v) is 3.97. The van der Waals surface area contributed by atoms with E-state index in [9.17, 15) is 4.79 Å². The van der Waals surface area contributed by atoms with Crippen LogP contribution in [0.2, 0.25) is 5.02 Å². The van der Waals surface area contributed by atoms with E-state index in [4.69, 9.17) is 16.3 Å². The number of fused-ring (bicyclic) bond motifs is 1. The van der Waals surface area contributed by atoms with Crippen molar-refractivity contribution in [2.45, 2.75) is 24.5 Å². The molecule has 148 valence electrons. The number of hydrogen-bond acceptors (Lipinski definition) is 4. The van der Waals surface area contributed by atoms with Crippen molar-refractivity contribution in [1.29, 1.82) is 0 Å². The van der Waals surface area contributed by atoms with Crippen LogP contribution in [0.5, 0.6) is 0 Å². The lowest BCUT2D eigenvalue weighted by Crippen LogP contribution is -2.26. The number of halogens is 1. The van der Waals surface area contributed by atoms with Crippen LogP contribution in [-0.4, -0.2) is 41.5 Å². The van der Waals surface area contributed by atoms with E-state index in [0.717, 1.165) is 29.0 Å². The molecule has 3 aromatic rings. The Hall–Kier alpha value is -2.02. The summed E-state index contributed by atoms with van der Waals surface area (Å²) in [6.45, 7) is 1.92. The Kier molecular flexibility index (Phi) is 7.77. The van der Waals surface area contributed by atoms with Crippen molar-refractivity contribution in [3.63, 3.8) is 0 Å². The van der Waals surface area contributed by atoms with Gasteiger partial charge in [0.05, 0.1) is 23.4 Å². The number of benzene rings is 2. The summed E-state index contributed by atoms with van der Waals surface area (Å²) in [4.78, 5) is 16.8. The molecule has 0 unspecified atom stereocenters. The van der Waals surface area contributed by atoms with Crippen molar-refractivity contribution in [2.75, 3.05) is 26.0 Å². The van der Waals surface area contributed by atoms with Crippen molar-refractivity contribution < 1.29 is 9.53 Å². The molecule has 5 nitrogen and oxygen atoms in total. The van der Waals surface area contributed by atoms with Gasteiger partial charge in [-0.15, -0.1) is 0 Å². The second kappa shape index (κ2) is 10.5. The van der Waals surface area contributed by atoms with Crippen LogP contribution in [0.1, 0.15) is 12.0 Å². The number of rotatable bonds is 10. The molecule has 0 aliphatic carbocycles. The summed E-state index contributed by atoms with van der Waals surface area (Å²) in [5, 5.41) is 4.44. The molecule has 0 saturated carbocycles. The van der Waals surface area contributed by atoms with Crippen LogP contribution in [0, 0.1) is 0 Å². The first-order valence-corrected chi connectivity index (χ1v) is 10.6. The lowest BCUT2D eigenvalue weighted by atomic mass is 10.1. The van der Waals surface area contributed by atoms with E-state index in [0.29, 0.717) is 30.5 Å². The van der Waals surface area contributed by atoms with Gasteiger partial charge in [-0.2, -0.15) is 0 Å². The topological polar surface area (TPSA) is 56.1 Å². The monoisotopic (exact) mass is 417 g/mol. The molecule has 1 N–H and O–H groups in total. The molecular formula is C21H24ClN3O2S. The Morgan fingerprint density at radius 2 is 2.07 bits per heavy atom. The Balaban J connectivity index is 1.52. The number of aryl methyl sites for hydroxylation is 1. The third kappa shape index (κ3) is 5.74. The second-order valence-electron chi connectivity index (χ2n) is 6.40. The number of carbonyl (C=O) groups is 1. The molecular weight excluding hydrogens is 394 g/mol. The fourth-order valence-electron chi connectivity index (χ4n) is 2.94.